The van der Waals surface area contributed by atoms with Crippen LogP contribution in [0, 0.1) is 0 Å². The van der Waals surface area contributed by atoms with Gasteiger partial charge in [-0.05, 0) is 48.9 Å². The summed E-state index contributed by atoms with van der Waals surface area (Å²) in [4.78, 5) is 55.2. The summed E-state index contributed by atoms with van der Waals surface area (Å²) >= 11 is 0. The highest BCUT2D eigenvalue weighted by atomic mass is 16.5. The average Bonchev–Trinajstić information content (AvgIpc) is 3.41. The molecule has 13 nitrogen and oxygen atoms in total. The minimum absolute atomic E-state index is 0.0781. The first-order valence-corrected chi connectivity index (χ1v) is 12.8. The number of rotatable bonds is 11. The van der Waals surface area contributed by atoms with E-state index in [-0.39, 0.29) is 31.6 Å². The van der Waals surface area contributed by atoms with Crippen molar-refractivity contribution in [3.05, 3.63) is 64.6 Å². The number of carbonyl (C=O) groups is 3. The van der Waals surface area contributed by atoms with Crippen molar-refractivity contribution in [2.24, 2.45) is 0 Å². The van der Waals surface area contributed by atoms with Crippen molar-refractivity contribution in [2.45, 2.75) is 32.0 Å². The molecule has 13 heteroatoms. The molecule has 1 aliphatic heterocycles. The zero-order chi connectivity index (χ0) is 28.6. The summed E-state index contributed by atoms with van der Waals surface area (Å²) in [5, 5.41) is 16.8. The topological polar surface area (TPSA) is 167 Å². The monoisotopic (exact) mass is 553 g/mol. The van der Waals surface area contributed by atoms with E-state index in [9.17, 15) is 24.3 Å². The van der Waals surface area contributed by atoms with Gasteiger partial charge in [-0.15, -0.1) is 0 Å². The predicted octanol–water partition coefficient (Wildman–Crippen LogP) is 1.61. The van der Waals surface area contributed by atoms with E-state index in [1.807, 2.05) is 0 Å². The van der Waals surface area contributed by atoms with Gasteiger partial charge in [0.05, 0.1) is 6.61 Å². The number of nitrogens with one attached hydrogen (secondary N) is 2. The quantitative estimate of drug-likeness (QED) is 0.236. The lowest BCUT2D eigenvalue weighted by atomic mass is 10.1. The van der Waals surface area contributed by atoms with Crippen LogP contribution in [-0.4, -0.2) is 83.6 Å². The van der Waals surface area contributed by atoms with Crippen LogP contribution in [0.25, 0.3) is 11.4 Å². The molecule has 2 atom stereocenters. The number of aliphatic hydroxyl groups is 1. The Bertz CT molecular complexity index is 1390. The fraction of sp³-hybridized carbons (Fsp3) is 0.370. The zero-order valence-corrected chi connectivity index (χ0v) is 22.2. The van der Waals surface area contributed by atoms with Gasteiger partial charge in [-0.3, -0.25) is 23.9 Å². The maximum Gasteiger partial charge on any atom is 0.439 e. The number of amides is 3. The number of carbonyl (C=O) groups excluding carboxylic acids is 3. The first kappa shape index (κ1) is 28.7. The number of unbranched alkanes of at least 4 members (excludes halogenated alkanes) is 1. The van der Waals surface area contributed by atoms with Gasteiger partial charge in [0.25, 0.3) is 17.7 Å². The van der Waals surface area contributed by atoms with Crippen molar-refractivity contribution in [3.8, 4) is 11.4 Å². The van der Waals surface area contributed by atoms with Crippen LogP contribution in [0.15, 0.2) is 57.8 Å². The maximum absolute atomic E-state index is 13.2. The van der Waals surface area contributed by atoms with Gasteiger partial charge < -0.3 is 29.7 Å². The van der Waals surface area contributed by atoms with Gasteiger partial charge in [0.2, 0.25) is 0 Å². The van der Waals surface area contributed by atoms with Crippen LogP contribution in [0.1, 0.15) is 30.1 Å². The number of H-pyrrole nitrogens is 1. The second-order valence-corrected chi connectivity index (χ2v) is 9.18. The van der Waals surface area contributed by atoms with Gasteiger partial charge >= 0.3 is 5.76 Å². The minimum atomic E-state index is -1.79. The fourth-order valence-corrected chi connectivity index (χ4v) is 4.04. The highest BCUT2D eigenvalue weighted by Crippen LogP contribution is 2.23. The number of morpholine rings is 1. The van der Waals surface area contributed by atoms with E-state index in [0.29, 0.717) is 29.1 Å². The summed E-state index contributed by atoms with van der Waals surface area (Å²) in [6, 6.07) is 12.8. The Kier molecular flexibility index (Phi) is 9.43. The van der Waals surface area contributed by atoms with Gasteiger partial charge in [-0.1, -0.05) is 24.6 Å². The molecule has 40 heavy (non-hydrogen) atoms. The number of hydrogen-bond donors (Lipinski definition) is 3. The average molecular weight is 554 g/mol. The standard InChI is InChI=1S/C27H31N5O8/c1-3-4-13-38-16-31(2)25(35)18-6-5-7-20(15-18)32-12-14-39-22(26(32)36)21(33)24(34)28-19-10-8-17(9-11-19)23-29-27(37)40-30-23/h5-11,15,21-22,33H,3-4,12-14,16H2,1-2H3,(H,28,34)(H,29,30,37)/t21-,22-/m1/s1. The second-order valence-electron chi connectivity index (χ2n) is 9.18. The van der Waals surface area contributed by atoms with Crippen LogP contribution in [0.2, 0.25) is 0 Å². The molecular weight excluding hydrogens is 522 g/mol. The Balaban J connectivity index is 1.39. The molecule has 0 spiro atoms. The molecule has 0 saturated carbocycles. The van der Waals surface area contributed by atoms with E-state index < -0.39 is 29.8 Å². The Morgan fingerprint density at radius 3 is 2.73 bits per heavy atom. The van der Waals surface area contributed by atoms with Crippen molar-refractivity contribution in [1.29, 1.82) is 0 Å². The van der Waals surface area contributed by atoms with Crippen LogP contribution in [-0.2, 0) is 19.1 Å². The number of ether oxygens (including phenoxy) is 2. The van der Waals surface area contributed by atoms with Gasteiger partial charge in [-0.25, -0.2) is 4.79 Å². The van der Waals surface area contributed by atoms with Crippen LogP contribution >= 0.6 is 0 Å². The van der Waals surface area contributed by atoms with Gasteiger partial charge in [0.15, 0.2) is 18.0 Å². The number of benzene rings is 2. The van der Waals surface area contributed by atoms with Crippen LogP contribution < -0.4 is 16.0 Å². The summed E-state index contributed by atoms with van der Waals surface area (Å²) in [6.07, 6.45) is -1.34. The summed E-state index contributed by atoms with van der Waals surface area (Å²) in [6.45, 7) is 3.02. The van der Waals surface area contributed by atoms with Crippen LogP contribution in [0.3, 0.4) is 0 Å². The van der Waals surface area contributed by atoms with E-state index in [2.05, 4.69) is 26.9 Å². The van der Waals surface area contributed by atoms with E-state index in [0.717, 1.165) is 12.8 Å². The highest BCUT2D eigenvalue weighted by Gasteiger charge is 2.39. The Morgan fingerprint density at radius 2 is 2.02 bits per heavy atom. The molecule has 1 saturated heterocycles. The third-order valence-electron chi connectivity index (χ3n) is 6.22. The van der Waals surface area contributed by atoms with Crippen molar-refractivity contribution >= 4 is 29.1 Å². The molecule has 4 rings (SSSR count). The molecule has 2 aromatic carbocycles. The van der Waals surface area contributed by atoms with Crippen molar-refractivity contribution in [1.82, 2.24) is 15.0 Å². The number of aliphatic hydroxyl groups excluding tert-OH is 1. The first-order valence-electron chi connectivity index (χ1n) is 12.8. The number of nitrogens with zero attached hydrogens (tertiary/aromatic N) is 3. The molecular formula is C27H31N5O8. The molecule has 0 bridgehead atoms. The summed E-state index contributed by atoms with van der Waals surface area (Å²) < 4.78 is 15.5. The van der Waals surface area contributed by atoms with Gasteiger partial charge in [0, 0.05) is 42.7 Å². The molecule has 1 fully saturated rings. The third-order valence-corrected chi connectivity index (χ3v) is 6.22. The normalized spacial score (nSPS) is 16.0. The molecule has 2 heterocycles. The Morgan fingerprint density at radius 1 is 1.25 bits per heavy atom. The molecule has 0 aliphatic carbocycles. The fourth-order valence-electron chi connectivity index (χ4n) is 4.04. The maximum atomic E-state index is 13.2. The molecule has 0 unspecified atom stereocenters. The summed E-state index contributed by atoms with van der Waals surface area (Å²) in [7, 11) is 1.63. The lowest BCUT2D eigenvalue weighted by Gasteiger charge is -2.34. The molecule has 1 aromatic heterocycles. The second kappa shape index (κ2) is 13.2. The third kappa shape index (κ3) is 6.81. The van der Waals surface area contributed by atoms with Crippen LogP contribution in [0.5, 0.6) is 0 Å². The van der Waals surface area contributed by atoms with Gasteiger partial charge in [0.1, 0.15) is 6.73 Å². The van der Waals surface area contributed by atoms with Crippen molar-refractivity contribution in [3.63, 3.8) is 0 Å². The Labute approximate surface area is 229 Å². The molecule has 1 aliphatic rings. The van der Waals surface area contributed by atoms with Crippen LogP contribution in [0.4, 0.5) is 11.4 Å². The zero-order valence-electron chi connectivity index (χ0n) is 22.2. The van der Waals surface area contributed by atoms with Crippen molar-refractivity contribution < 1.29 is 33.5 Å². The first-order chi connectivity index (χ1) is 19.3. The van der Waals surface area contributed by atoms with E-state index in [4.69, 9.17) is 9.47 Å². The summed E-state index contributed by atoms with van der Waals surface area (Å²) in [5.74, 6) is -2.19. The smallest absolute Gasteiger partial charge is 0.380 e. The number of anilines is 2. The predicted molar refractivity (Wildman–Crippen MR) is 144 cm³/mol. The van der Waals surface area contributed by atoms with E-state index in [1.54, 1.807) is 43.4 Å². The van der Waals surface area contributed by atoms with E-state index >= 15 is 0 Å². The molecule has 212 valence electrons. The van der Waals surface area contributed by atoms with Gasteiger partial charge in [-0.2, -0.15) is 0 Å². The molecule has 0 radical (unpaired) electrons. The SMILES string of the molecule is CCCCOCN(C)C(=O)c1cccc(N2CCO[C@H]([C@@H](O)C(=O)Nc3ccc(-c4noc(=O)[nH]4)cc3)C2=O)c1. The highest BCUT2D eigenvalue weighted by molar-refractivity contribution is 6.04. The molecule has 3 aromatic rings. The minimum Gasteiger partial charge on any atom is -0.380 e. The Hall–Kier alpha value is -4.33. The number of aromatic amines is 1. The van der Waals surface area contributed by atoms with E-state index in [1.165, 1.54) is 21.9 Å². The largest absolute Gasteiger partial charge is 0.439 e. The molecule has 3 N–H and O–H groups in total. The lowest BCUT2D eigenvalue weighted by Crippen LogP contribution is -2.55. The number of aromatic nitrogens is 2. The summed E-state index contributed by atoms with van der Waals surface area (Å²) in [5.41, 5.74) is 1.69. The molecule has 3 amide bonds. The lowest BCUT2D eigenvalue weighted by molar-refractivity contribution is -0.150. The van der Waals surface area contributed by atoms with Crippen molar-refractivity contribution in [2.75, 3.05) is 43.8 Å². The number of hydrogen-bond acceptors (Lipinski definition) is 9.